The Labute approximate surface area is 126 Å². The van der Waals surface area contributed by atoms with Crippen LogP contribution in [0.5, 0.6) is 0 Å². The normalized spacial score (nSPS) is 10.2. The minimum Gasteiger partial charge on any atom is -0.313 e. The first kappa shape index (κ1) is 15.0. The smallest absolute Gasteiger partial charge is 0.271 e. The summed E-state index contributed by atoms with van der Waals surface area (Å²) in [6.07, 6.45) is 0.205. The zero-order valence-corrected chi connectivity index (χ0v) is 12.1. The van der Waals surface area contributed by atoms with E-state index < -0.39 is 4.92 Å². The van der Waals surface area contributed by atoms with E-state index in [1.807, 2.05) is 30.3 Å². The molecule has 2 aromatic rings. The number of anilines is 1. The van der Waals surface area contributed by atoms with Gasteiger partial charge in [0.15, 0.2) is 0 Å². The van der Waals surface area contributed by atoms with E-state index in [2.05, 4.69) is 0 Å². The zero-order chi connectivity index (χ0) is 15.4. The molecule has 0 saturated carbocycles. The fourth-order valence-electron chi connectivity index (χ4n) is 1.90. The summed E-state index contributed by atoms with van der Waals surface area (Å²) < 4.78 is 0. The van der Waals surface area contributed by atoms with Crippen molar-refractivity contribution in [3.63, 3.8) is 0 Å². The Morgan fingerprint density at radius 1 is 1.24 bits per heavy atom. The summed E-state index contributed by atoms with van der Waals surface area (Å²) in [5, 5.41) is 11.1. The van der Waals surface area contributed by atoms with Gasteiger partial charge in [-0.3, -0.25) is 14.9 Å². The number of rotatable bonds is 4. The molecule has 0 radical (unpaired) electrons. The van der Waals surface area contributed by atoms with Gasteiger partial charge in [0.1, 0.15) is 0 Å². The molecule has 0 aliphatic carbocycles. The minimum atomic E-state index is -0.519. The minimum absolute atomic E-state index is 0.103. The number of halogens is 1. The molecular formula is C15H13ClN2O3. The summed E-state index contributed by atoms with van der Waals surface area (Å²) in [5.41, 5.74) is 1.09. The molecule has 0 N–H and O–H groups in total. The molecule has 6 heteroatoms. The lowest BCUT2D eigenvalue weighted by Crippen LogP contribution is -2.28. The van der Waals surface area contributed by atoms with Crippen molar-refractivity contribution in [1.82, 2.24) is 0 Å². The molecule has 0 aromatic heterocycles. The number of benzene rings is 2. The van der Waals surface area contributed by atoms with Gasteiger partial charge in [0.25, 0.3) is 5.69 Å². The van der Waals surface area contributed by atoms with Gasteiger partial charge in [-0.2, -0.15) is 0 Å². The van der Waals surface area contributed by atoms with Gasteiger partial charge in [-0.15, -0.1) is 0 Å². The van der Waals surface area contributed by atoms with Crippen LogP contribution in [-0.4, -0.2) is 17.9 Å². The van der Waals surface area contributed by atoms with Crippen LogP contribution in [0, 0.1) is 10.1 Å². The van der Waals surface area contributed by atoms with E-state index in [1.54, 1.807) is 7.05 Å². The molecule has 21 heavy (non-hydrogen) atoms. The number of non-ortho nitro benzene ring substituents is 1. The molecule has 5 nitrogen and oxygen atoms in total. The summed E-state index contributed by atoms with van der Waals surface area (Å²) in [6.45, 7) is 0. The second-order valence-corrected chi connectivity index (χ2v) is 4.92. The first-order valence-corrected chi connectivity index (χ1v) is 6.61. The zero-order valence-electron chi connectivity index (χ0n) is 11.3. The van der Waals surface area contributed by atoms with Gasteiger partial charge < -0.3 is 4.90 Å². The molecule has 0 spiro atoms. The average molecular weight is 305 g/mol. The van der Waals surface area contributed by atoms with Crippen molar-refractivity contribution in [3.05, 3.63) is 69.2 Å². The van der Waals surface area contributed by atoms with Crippen LogP contribution in [0.2, 0.25) is 5.02 Å². The molecule has 108 valence electrons. The first-order chi connectivity index (χ1) is 9.99. The van der Waals surface area contributed by atoms with E-state index in [0.29, 0.717) is 10.7 Å². The molecule has 0 saturated heterocycles. The van der Waals surface area contributed by atoms with Crippen molar-refractivity contribution in [2.75, 3.05) is 11.9 Å². The van der Waals surface area contributed by atoms with E-state index in [4.69, 9.17) is 11.6 Å². The maximum absolute atomic E-state index is 12.2. The van der Waals surface area contributed by atoms with E-state index in [0.717, 1.165) is 5.56 Å². The Kier molecular flexibility index (Phi) is 4.55. The van der Waals surface area contributed by atoms with Crippen molar-refractivity contribution in [3.8, 4) is 0 Å². The molecule has 2 rings (SSSR count). The van der Waals surface area contributed by atoms with Crippen molar-refractivity contribution in [1.29, 1.82) is 0 Å². The van der Waals surface area contributed by atoms with Crippen LogP contribution in [0.15, 0.2) is 48.5 Å². The van der Waals surface area contributed by atoms with Gasteiger partial charge in [-0.05, 0) is 11.6 Å². The van der Waals surface area contributed by atoms with E-state index >= 15 is 0 Å². The van der Waals surface area contributed by atoms with Crippen LogP contribution in [0.4, 0.5) is 11.4 Å². The molecule has 0 heterocycles. The molecule has 1 amide bonds. The summed E-state index contributed by atoms with van der Waals surface area (Å²) in [4.78, 5) is 23.9. The van der Waals surface area contributed by atoms with Gasteiger partial charge in [0, 0.05) is 19.2 Å². The second kappa shape index (κ2) is 6.37. The highest BCUT2D eigenvalue weighted by molar-refractivity contribution is 6.33. The highest BCUT2D eigenvalue weighted by atomic mass is 35.5. The number of nitro benzene ring substituents is 1. The quantitative estimate of drug-likeness (QED) is 0.642. The third-order valence-corrected chi connectivity index (χ3v) is 3.39. The number of carbonyl (C=O) groups is 1. The Balaban J connectivity index is 2.23. The van der Waals surface area contributed by atoms with Gasteiger partial charge in [0.05, 0.1) is 22.1 Å². The Morgan fingerprint density at radius 3 is 2.52 bits per heavy atom. The van der Waals surface area contributed by atoms with Gasteiger partial charge >= 0.3 is 0 Å². The fraction of sp³-hybridized carbons (Fsp3) is 0.133. The van der Waals surface area contributed by atoms with Crippen LogP contribution in [0.3, 0.4) is 0 Å². The predicted octanol–water partition coefficient (Wildman–Crippen LogP) is 3.45. The Morgan fingerprint density at radius 2 is 1.90 bits per heavy atom. The van der Waals surface area contributed by atoms with Crippen LogP contribution >= 0.6 is 11.6 Å². The standard InChI is InChI=1S/C15H13ClN2O3/c1-17(15(19)9-11-5-3-2-4-6-11)14-10-12(18(20)21)7-8-13(14)16/h2-8,10H,9H2,1H3. The SMILES string of the molecule is CN(C(=O)Cc1ccccc1)c1cc([N+](=O)[O-])ccc1Cl. The largest absolute Gasteiger partial charge is 0.313 e. The Hall–Kier alpha value is -2.40. The van der Waals surface area contributed by atoms with Crippen LogP contribution in [0.25, 0.3) is 0 Å². The van der Waals surface area contributed by atoms with E-state index in [9.17, 15) is 14.9 Å². The van der Waals surface area contributed by atoms with E-state index in [-0.39, 0.29) is 18.0 Å². The van der Waals surface area contributed by atoms with Crippen LogP contribution in [-0.2, 0) is 11.2 Å². The van der Waals surface area contributed by atoms with Gasteiger partial charge in [-0.25, -0.2) is 0 Å². The third-order valence-electron chi connectivity index (χ3n) is 3.07. The summed E-state index contributed by atoms with van der Waals surface area (Å²) in [7, 11) is 1.55. The average Bonchev–Trinajstić information content (AvgIpc) is 2.47. The monoisotopic (exact) mass is 304 g/mol. The van der Waals surface area contributed by atoms with Gasteiger partial charge in [0.2, 0.25) is 5.91 Å². The predicted molar refractivity (Wildman–Crippen MR) is 81.7 cm³/mol. The molecule has 0 aliphatic rings. The number of nitro groups is 1. The lowest BCUT2D eigenvalue weighted by Gasteiger charge is -2.18. The fourth-order valence-corrected chi connectivity index (χ4v) is 2.14. The number of hydrogen-bond donors (Lipinski definition) is 0. The molecular weight excluding hydrogens is 292 g/mol. The highest BCUT2D eigenvalue weighted by Crippen LogP contribution is 2.29. The van der Waals surface area contributed by atoms with Crippen molar-refractivity contribution in [2.45, 2.75) is 6.42 Å². The molecule has 0 atom stereocenters. The molecule has 0 bridgehead atoms. The molecule has 0 aliphatic heterocycles. The maximum Gasteiger partial charge on any atom is 0.271 e. The summed E-state index contributed by atoms with van der Waals surface area (Å²) in [5.74, 6) is -0.191. The number of amides is 1. The van der Waals surface area contributed by atoms with Crippen molar-refractivity contribution in [2.24, 2.45) is 0 Å². The van der Waals surface area contributed by atoms with E-state index in [1.165, 1.54) is 23.1 Å². The lowest BCUT2D eigenvalue weighted by atomic mass is 10.1. The number of nitrogens with zero attached hydrogens (tertiary/aromatic N) is 2. The highest BCUT2D eigenvalue weighted by Gasteiger charge is 2.17. The van der Waals surface area contributed by atoms with Crippen LogP contribution < -0.4 is 4.90 Å². The first-order valence-electron chi connectivity index (χ1n) is 6.23. The number of hydrogen-bond acceptors (Lipinski definition) is 3. The van der Waals surface area contributed by atoms with Gasteiger partial charge in [-0.1, -0.05) is 41.9 Å². The number of likely N-dealkylation sites (N-methyl/N-ethyl adjacent to an activating group) is 1. The number of carbonyl (C=O) groups excluding carboxylic acids is 1. The maximum atomic E-state index is 12.2. The molecule has 0 fully saturated rings. The summed E-state index contributed by atoms with van der Waals surface area (Å²) >= 11 is 6.03. The Bertz CT molecular complexity index is 674. The second-order valence-electron chi connectivity index (χ2n) is 4.51. The molecule has 0 unspecified atom stereocenters. The van der Waals surface area contributed by atoms with Crippen molar-refractivity contribution >= 4 is 28.9 Å². The third kappa shape index (κ3) is 3.58. The van der Waals surface area contributed by atoms with Crippen molar-refractivity contribution < 1.29 is 9.72 Å². The summed E-state index contributed by atoms with van der Waals surface area (Å²) in [6, 6.07) is 13.3. The topological polar surface area (TPSA) is 63.5 Å². The molecule has 2 aromatic carbocycles. The van der Waals surface area contributed by atoms with Crippen LogP contribution in [0.1, 0.15) is 5.56 Å². The lowest BCUT2D eigenvalue weighted by molar-refractivity contribution is -0.384.